The molecule has 0 N–H and O–H groups in total. The van der Waals surface area contributed by atoms with E-state index in [1.165, 1.54) is 64.7 Å². The molecule has 0 aliphatic heterocycles. The molecule has 9 rings (SSSR count). The third-order valence-electron chi connectivity index (χ3n) is 12.6. The van der Waals surface area contributed by atoms with Gasteiger partial charge < -0.3 is 0 Å². The highest BCUT2D eigenvalue weighted by Crippen LogP contribution is 2.37. The predicted molar refractivity (Wildman–Crippen MR) is 260 cm³/mol. The van der Waals surface area contributed by atoms with Crippen LogP contribution in [0.25, 0.3) is 20.2 Å². The van der Waals surface area contributed by atoms with E-state index in [1.807, 2.05) is 11.3 Å². The molecule has 0 atom stereocenters. The Bertz CT molecular complexity index is 2370. The van der Waals surface area contributed by atoms with Gasteiger partial charge in [-0.1, -0.05) is 249 Å². The van der Waals surface area contributed by atoms with Gasteiger partial charge >= 0.3 is 0 Å². The van der Waals surface area contributed by atoms with Gasteiger partial charge in [0.15, 0.2) is 0 Å². The molecule has 0 amide bonds. The van der Waals surface area contributed by atoms with Gasteiger partial charge in [-0.3, -0.25) is 0 Å². The van der Waals surface area contributed by atoms with Gasteiger partial charge in [-0.25, -0.2) is 0 Å². The molecule has 290 valence electrons. The number of benzene rings is 8. The maximum atomic E-state index is 2.69. The van der Waals surface area contributed by atoms with E-state index in [-0.39, 0.29) is 0 Å². The lowest BCUT2D eigenvalue weighted by Gasteiger charge is -2.35. The number of rotatable bonds is 14. The SMILES string of the molecule is Cc1cc2sc3cc(C)c([Si](Cc4ccccc4)(Cc4ccccc4)Cc4ccccc4)cc3c2cc1[Si](Cc1ccccc1)(Cc1ccccc1)Cc1ccccc1. The summed E-state index contributed by atoms with van der Waals surface area (Å²) in [6.45, 7) is 4.80. The Hall–Kier alpha value is -5.59. The maximum absolute atomic E-state index is 2.69. The van der Waals surface area contributed by atoms with Crippen molar-refractivity contribution in [3.8, 4) is 0 Å². The zero-order valence-electron chi connectivity index (χ0n) is 34.3. The molecule has 3 heteroatoms. The first-order valence-corrected chi connectivity index (χ1v) is 27.2. The molecule has 0 spiro atoms. The fraction of sp³-hybridized carbons (Fsp3) is 0.143. The van der Waals surface area contributed by atoms with Gasteiger partial charge in [0, 0.05) is 20.2 Å². The van der Waals surface area contributed by atoms with E-state index >= 15 is 0 Å². The van der Waals surface area contributed by atoms with Crippen molar-refractivity contribution in [3.63, 3.8) is 0 Å². The monoisotopic (exact) mass is 812 g/mol. The van der Waals surface area contributed by atoms with Crippen LogP contribution in [0, 0.1) is 13.8 Å². The summed E-state index contributed by atoms with van der Waals surface area (Å²) >= 11 is 1.98. The summed E-state index contributed by atoms with van der Waals surface area (Å²) in [7, 11) is -4.63. The summed E-state index contributed by atoms with van der Waals surface area (Å²) in [5.41, 5.74) is 11.5. The first-order chi connectivity index (χ1) is 29.0. The minimum atomic E-state index is -2.32. The van der Waals surface area contributed by atoms with E-state index in [2.05, 4.69) is 220 Å². The molecular formula is C56H52SSi2. The minimum Gasteiger partial charge on any atom is -0.135 e. The lowest BCUT2D eigenvalue weighted by Crippen LogP contribution is -2.56. The number of thiophene rings is 1. The molecule has 0 fully saturated rings. The highest BCUT2D eigenvalue weighted by Gasteiger charge is 2.39. The molecule has 0 aliphatic rings. The molecule has 8 aromatic carbocycles. The van der Waals surface area contributed by atoms with Crippen molar-refractivity contribution < 1.29 is 0 Å². The Labute approximate surface area is 356 Å². The summed E-state index contributed by atoms with van der Waals surface area (Å²) in [5, 5.41) is 6.06. The smallest absolute Gasteiger partial charge is 0.0999 e. The molecule has 0 unspecified atom stereocenters. The summed E-state index contributed by atoms with van der Waals surface area (Å²) in [5.74, 6) is 0. The summed E-state index contributed by atoms with van der Waals surface area (Å²) in [6.07, 6.45) is 0. The Morgan fingerprint density at radius 2 is 0.525 bits per heavy atom. The topological polar surface area (TPSA) is 0 Å². The van der Waals surface area contributed by atoms with Crippen LogP contribution in [0.5, 0.6) is 0 Å². The van der Waals surface area contributed by atoms with E-state index in [1.54, 1.807) is 10.4 Å². The number of aryl methyl sites for hydroxylation is 2. The lowest BCUT2D eigenvalue weighted by atomic mass is 10.1. The van der Waals surface area contributed by atoms with Crippen molar-refractivity contribution in [1.29, 1.82) is 0 Å². The van der Waals surface area contributed by atoms with E-state index in [9.17, 15) is 0 Å². The van der Waals surface area contributed by atoms with Crippen LogP contribution >= 0.6 is 11.3 Å². The van der Waals surface area contributed by atoms with Crippen molar-refractivity contribution in [2.75, 3.05) is 0 Å². The Morgan fingerprint density at radius 1 is 0.305 bits per heavy atom. The van der Waals surface area contributed by atoms with Gasteiger partial charge in [0.1, 0.15) is 0 Å². The van der Waals surface area contributed by atoms with Crippen LogP contribution in [-0.2, 0) is 36.3 Å². The number of hydrogen-bond acceptors (Lipinski definition) is 1. The highest BCUT2D eigenvalue weighted by atomic mass is 32.1. The molecule has 0 saturated carbocycles. The molecule has 0 aliphatic carbocycles. The van der Waals surface area contributed by atoms with Gasteiger partial charge in [-0.15, -0.1) is 11.3 Å². The van der Waals surface area contributed by atoms with E-state index < -0.39 is 16.1 Å². The molecule has 9 aromatic rings. The molecule has 0 radical (unpaired) electrons. The first kappa shape index (κ1) is 38.9. The summed E-state index contributed by atoms with van der Waals surface area (Å²) < 4.78 is 2.81. The first-order valence-electron chi connectivity index (χ1n) is 21.2. The lowest BCUT2D eigenvalue weighted by molar-refractivity contribution is 1.14. The van der Waals surface area contributed by atoms with Gasteiger partial charge in [-0.05, 0) is 62.2 Å². The largest absolute Gasteiger partial charge is 0.135 e. The zero-order chi connectivity index (χ0) is 40.1. The summed E-state index contributed by atoms with van der Waals surface area (Å²) in [4.78, 5) is 0. The van der Waals surface area contributed by atoms with E-state index in [4.69, 9.17) is 0 Å². The van der Waals surface area contributed by atoms with Crippen molar-refractivity contribution in [3.05, 3.63) is 251 Å². The Morgan fingerprint density at radius 3 is 0.746 bits per heavy atom. The molecule has 0 saturated heterocycles. The Kier molecular flexibility index (Phi) is 11.4. The Balaban J connectivity index is 1.28. The van der Waals surface area contributed by atoms with Crippen LogP contribution in [0.4, 0.5) is 0 Å². The van der Waals surface area contributed by atoms with Crippen LogP contribution in [0.1, 0.15) is 44.5 Å². The predicted octanol–water partition coefficient (Wildman–Crippen LogP) is 12.7. The normalized spacial score (nSPS) is 12.0. The van der Waals surface area contributed by atoms with Gasteiger partial charge in [0.05, 0.1) is 16.1 Å². The third kappa shape index (κ3) is 8.61. The fourth-order valence-electron chi connectivity index (χ4n) is 10.1. The standard InChI is InChI=1S/C56H52SSi2/c1-43-33-53-51(35-55(43)58(37-45-21-9-3-10-22-45,38-46-23-11-4-12-24-46)39-47-25-13-5-14-26-47)52-36-56(44(2)34-54(52)57-53)59(40-48-27-15-6-16-28-48,41-49-29-17-7-18-30-49)42-50-31-19-8-20-32-50/h3-36H,37-42H2,1-2H3. The maximum Gasteiger partial charge on any atom is 0.0999 e. The van der Waals surface area contributed by atoms with Crippen LogP contribution in [0.2, 0.25) is 0 Å². The quantitative estimate of drug-likeness (QED) is 0.0960. The zero-order valence-corrected chi connectivity index (χ0v) is 37.1. The fourth-order valence-corrected chi connectivity index (χ4v) is 22.1. The van der Waals surface area contributed by atoms with Crippen molar-refractivity contribution in [2.45, 2.75) is 50.1 Å². The molecule has 1 heterocycles. The van der Waals surface area contributed by atoms with Crippen molar-refractivity contribution in [1.82, 2.24) is 0 Å². The highest BCUT2D eigenvalue weighted by molar-refractivity contribution is 7.26. The average molecular weight is 813 g/mol. The molecule has 59 heavy (non-hydrogen) atoms. The summed E-state index contributed by atoms with van der Waals surface area (Å²) in [6, 6.07) is 85.0. The second kappa shape index (κ2) is 17.3. The van der Waals surface area contributed by atoms with Crippen LogP contribution < -0.4 is 10.4 Å². The second-order valence-corrected chi connectivity index (χ2v) is 26.4. The molecule has 0 nitrogen and oxygen atoms in total. The molecule has 1 aromatic heterocycles. The van der Waals surface area contributed by atoms with Crippen LogP contribution in [0.15, 0.2) is 206 Å². The van der Waals surface area contributed by atoms with Crippen molar-refractivity contribution in [2.24, 2.45) is 0 Å². The van der Waals surface area contributed by atoms with Crippen LogP contribution in [0.3, 0.4) is 0 Å². The second-order valence-electron chi connectivity index (χ2n) is 17.0. The average Bonchev–Trinajstić information content (AvgIpc) is 3.60. The van der Waals surface area contributed by atoms with Gasteiger partial charge in [-0.2, -0.15) is 0 Å². The van der Waals surface area contributed by atoms with Gasteiger partial charge in [0.25, 0.3) is 0 Å². The van der Waals surface area contributed by atoms with Crippen molar-refractivity contribution >= 4 is 58.0 Å². The minimum absolute atomic E-state index is 1.09. The molecule has 0 bridgehead atoms. The number of hydrogen-bond donors (Lipinski definition) is 0. The van der Waals surface area contributed by atoms with E-state index in [0.29, 0.717) is 0 Å². The van der Waals surface area contributed by atoms with Crippen LogP contribution in [-0.4, -0.2) is 16.1 Å². The molecular weight excluding hydrogens is 761 g/mol. The number of fused-ring (bicyclic) bond motifs is 3. The van der Waals surface area contributed by atoms with Gasteiger partial charge in [0.2, 0.25) is 0 Å². The third-order valence-corrected chi connectivity index (χ3v) is 23.6. The van der Waals surface area contributed by atoms with E-state index in [0.717, 1.165) is 36.3 Å².